The summed E-state index contributed by atoms with van der Waals surface area (Å²) < 4.78 is 6.79. The van der Waals surface area contributed by atoms with Gasteiger partial charge in [-0.25, -0.2) is 0 Å². The number of halogens is 1. The summed E-state index contributed by atoms with van der Waals surface area (Å²) >= 11 is 3.58. The van der Waals surface area contributed by atoms with Crippen molar-refractivity contribution in [3.63, 3.8) is 0 Å². The van der Waals surface area contributed by atoms with E-state index in [9.17, 15) is 0 Å². The van der Waals surface area contributed by atoms with Gasteiger partial charge in [0.15, 0.2) is 0 Å². The van der Waals surface area contributed by atoms with Crippen molar-refractivity contribution in [3.05, 3.63) is 28.2 Å². The molecule has 1 aromatic carbocycles. The van der Waals surface area contributed by atoms with E-state index in [4.69, 9.17) is 10.5 Å². The second-order valence-electron chi connectivity index (χ2n) is 4.77. The predicted octanol–water partition coefficient (Wildman–Crippen LogP) is 3.03. The van der Waals surface area contributed by atoms with E-state index in [1.165, 1.54) is 18.4 Å². The molecule has 0 saturated carbocycles. The van der Waals surface area contributed by atoms with Crippen LogP contribution in [0.25, 0.3) is 0 Å². The van der Waals surface area contributed by atoms with E-state index in [0.29, 0.717) is 6.10 Å². The number of hydrogen-bond acceptors (Lipinski definition) is 3. The summed E-state index contributed by atoms with van der Waals surface area (Å²) in [5.74, 6) is 0. The third-order valence-corrected chi connectivity index (χ3v) is 4.21. The Morgan fingerprint density at radius 3 is 2.94 bits per heavy atom. The van der Waals surface area contributed by atoms with Crippen LogP contribution >= 0.6 is 15.9 Å². The van der Waals surface area contributed by atoms with Gasteiger partial charge in [0.25, 0.3) is 0 Å². The van der Waals surface area contributed by atoms with Crippen molar-refractivity contribution in [2.24, 2.45) is 0 Å². The van der Waals surface area contributed by atoms with Gasteiger partial charge in [0.2, 0.25) is 0 Å². The van der Waals surface area contributed by atoms with Crippen molar-refractivity contribution >= 4 is 21.6 Å². The fourth-order valence-electron chi connectivity index (χ4n) is 2.35. The van der Waals surface area contributed by atoms with Gasteiger partial charge in [-0.1, -0.05) is 28.9 Å². The molecule has 1 unspecified atom stereocenters. The van der Waals surface area contributed by atoms with Crippen molar-refractivity contribution < 1.29 is 4.74 Å². The highest BCUT2D eigenvalue weighted by atomic mass is 79.9. The third-order valence-electron chi connectivity index (χ3n) is 3.47. The van der Waals surface area contributed by atoms with Crippen LogP contribution < -0.4 is 5.73 Å². The van der Waals surface area contributed by atoms with Crippen molar-refractivity contribution in [3.8, 4) is 0 Å². The van der Waals surface area contributed by atoms with E-state index >= 15 is 0 Å². The standard InChI is InChI=1S/C14H21BrN2O/c1-2-17(9-11-5-4-8-18-11)10-12-13(15)6-3-7-14(12)16/h3,6-7,11H,2,4-5,8-10,16H2,1H3. The topological polar surface area (TPSA) is 38.5 Å². The van der Waals surface area contributed by atoms with Crippen LogP contribution in [0.15, 0.2) is 22.7 Å². The number of nitrogen functional groups attached to an aromatic ring is 1. The first-order chi connectivity index (χ1) is 8.70. The van der Waals surface area contributed by atoms with Crippen molar-refractivity contribution in [1.29, 1.82) is 0 Å². The van der Waals surface area contributed by atoms with Crippen LogP contribution in [-0.2, 0) is 11.3 Å². The van der Waals surface area contributed by atoms with E-state index < -0.39 is 0 Å². The molecule has 0 bridgehead atoms. The molecule has 2 rings (SSSR count). The van der Waals surface area contributed by atoms with Gasteiger partial charge in [0.05, 0.1) is 6.10 Å². The minimum atomic E-state index is 0.397. The second kappa shape index (κ2) is 6.55. The summed E-state index contributed by atoms with van der Waals surface area (Å²) in [5, 5.41) is 0. The Labute approximate surface area is 117 Å². The molecular formula is C14H21BrN2O. The Kier molecular flexibility index (Phi) is 5.03. The highest BCUT2D eigenvalue weighted by Crippen LogP contribution is 2.24. The average molecular weight is 313 g/mol. The molecule has 0 amide bonds. The molecule has 0 spiro atoms. The van der Waals surface area contributed by atoms with Crippen LogP contribution in [-0.4, -0.2) is 30.7 Å². The molecule has 1 aliphatic heterocycles. The summed E-state index contributed by atoms with van der Waals surface area (Å²) in [7, 11) is 0. The van der Waals surface area contributed by atoms with Gasteiger partial charge < -0.3 is 10.5 Å². The highest BCUT2D eigenvalue weighted by molar-refractivity contribution is 9.10. The van der Waals surface area contributed by atoms with Gasteiger partial charge >= 0.3 is 0 Å². The zero-order valence-corrected chi connectivity index (χ0v) is 12.4. The molecule has 1 saturated heterocycles. The zero-order chi connectivity index (χ0) is 13.0. The number of rotatable bonds is 5. The SMILES string of the molecule is CCN(Cc1c(N)cccc1Br)CC1CCCO1. The Morgan fingerprint density at radius 2 is 2.33 bits per heavy atom. The maximum atomic E-state index is 6.04. The van der Waals surface area contributed by atoms with Gasteiger partial charge in [-0.15, -0.1) is 0 Å². The Hall–Kier alpha value is -0.580. The molecule has 4 heteroatoms. The molecule has 1 aliphatic rings. The van der Waals surface area contributed by atoms with Crippen LogP contribution in [0.3, 0.4) is 0 Å². The summed E-state index contributed by atoms with van der Waals surface area (Å²) in [6.45, 7) is 5.99. The molecule has 18 heavy (non-hydrogen) atoms. The van der Waals surface area contributed by atoms with Crippen LogP contribution in [0.1, 0.15) is 25.3 Å². The minimum Gasteiger partial charge on any atom is -0.398 e. The Morgan fingerprint density at radius 1 is 1.50 bits per heavy atom. The van der Waals surface area contributed by atoms with Crippen molar-refractivity contribution in [1.82, 2.24) is 4.90 Å². The minimum absolute atomic E-state index is 0.397. The lowest BCUT2D eigenvalue weighted by Gasteiger charge is -2.24. The fraction of sp³-hybridized carbons (Fsp3) is 0.571. The lowest BCUT2D eigenvalue weighted by atomic mass is 10.1. The smallest absolute Gasteiger partial charge is 0.0702 e. The fourth-order valence-corrected chi connectivity index (χ4v) is 2.85. The zero-order valence-electron chi connectivity index (χ0n) is 10.9. The first-order valence-electron chi connectivity index (χ1n) is 6.57. The predicted molar refractivity (Wildman–Crippen MR) is 78.5 cm³/mol. The number of hydrogen-bond donors (Lipinski definition) is 1. The third kappa shape index (κ3) is 3.46. The molecule has 0 aliphatic carbocycles. The van der Waals surface area contributed by atoms with E-state index in [-0.39, 0.29) is 0 Å². The van der Waals surface area contributed by atoms with E-state index in [0.717, 1.165) is 36.4 Å². The molecule has 1 fully saturated rings. The van der Waals surface area contributed by atoms with E-state index in [1.54, 1.807) is 0 Å². The summed E-state index contributed by atoms with van der Waals surface area (Å²) in [6.07, 6.45) is 2.77. The van der Waals surface area contributed by atoms with Crippen LogP contribution in [0.4, 0.5) is 5.69 Å². The monoisotopic (exact) mass is 312 g/mol. The average Bonchev–Trinajstić information content (AvgIpc) is 2.85. The molecule has 0 aromatic heterocycles. The summed E-state index contributed by atoms with van der Waals surface area (Å²) in [6, 6.07) is 5.98. The first-order valence-corrected chi connectivity index (χ1v) is 7.36. The number of likely N-dealkylation sites (N-methyl/N-ethyl adjacent to an activating group) is 1. The van der Waals surface area contributed by atoms with Gasteiger partial charge in [-0.05, 0) is 31.5 Å². The molecule has 1 aromatic rings. The van der Waals surface area contributed by atoms with E-state index in [2.05, 4.69) is 27.8 Å². The first kappa shape index (κ1) is 13.8. The van der Waals surface area contributed by atoms with Crippen molar-refractivity contribution in [2.75, 3.05) is 25.4 Å². The number of benzene rings is 1. The molecule has 1 heterocycles. The maximum Gasteiger partial charge on any atom is 0.0702 e. The second-order valence-corrected chi connectivity index (χ2v) is 5.62. The largest absolute Gasteiger partial charge is 0.398 e. The summed E-state index contributed by atoms with van der Waals surface area (Å²) in [5.41, 5.74) is 8.08. The number of nitrogens with zero attached hydrogens (tertiary/aromatic N) is 1. The lowest BCUT2D eigenvalue weighted by Crippen LogP contribution is -2.32. The molecule has 2 N–H and O–H groups in total. The van der Waals surface area contributed by atoms with Gasteiger partial charge in [0, 0.05) is 35.4 Å². The molecule has 3 nitrogen and oxygen atoms in total. The lowest BCUT2D eigenvalue weighted by molar-refractivity contribution is 0.0725. The number of anilines is 1. The molecule has 0 radical (unpaired) electrons. The Bertz CT molecular complexity index is 371. The molecule has 100 valence electrons. The molecule has 1 atom stereocenters. The number of nitrogens with two attached hydrogens (primary N) is 1. The quantitative estimate of drug-likeness (QED) is 0.849. The van der Waals surface area contributed by atoms with E-state index in [1.807, 2.05) is 18.2 Å². The maximum absolute atomic E-state index is 6.04. The van der Waals surface area contributed by atoms with Gasteiger partial charge in [0.1, 0.15) is 0 Å². The van der Waals surface area contributed by atoms with Crippen molar-refractivity contribution in [2.45, 2.75) is 32.4 Å². The highest BCUT2D eigenvalue weighted by Gasteiger charge is 2.19. The van der Waals surface area contributed by atoms with Crippen LogP contribution in [0.5, 0.6) is 0 Å². The summed E-state index contributed by atoms with van der Waals surface area (Å²) in [4.78, 5) is 2.40. The van der Waals surface area contributed by atoms with Crippen LogP contribution in [0, 0.1) is 0 Å². The number of ether oxygens (including phenoxy) is 1. The molecular weight excluding hydrogens is 292 g/mol. The van der Waals surface area contributed by atoms with Crippen LogP contribution in [0.2, 0.25) is 0 Å². The Balaban J connectivity index is 2.00. The van der Waals surface area contributed by atoms with Gasteiger partial charge in [-0.2, -0.15) is 0 Å². The van der Waals surface area contributed by atoms with Gasteiger partial charge in [-0.3, -0.25) is 4.90 Å². The normalized spacial score (nSPS) is 19.6.